The molecule has 2 atom stereocenters. The second kappa shape index (κ2) is 11.9. The van der Waals surface area contributed by atoms with Crippen molar-refractivity contribution in [1.29, 1.82) is 0 Å². The second-order valence-electron chi connectivity index (χ2n) is 12.4. The quantitative estimate of drug-likeness (QED) is 0.229. The van der Waals surface area contributed by atoms with E-state index in [1.54, 1.807) is 4.90 Å². The number of rotatable bonds is 7. The summed E-state index contributed by atoms with van der Waals surface area (Å²) in [5.41, 5.74) is 6.04. The van der Waals surface area contributed by atoms with E-state index < -0.39 is 5.60 Å². The van der Waals surface area contributed by atoms with E-state index >= 15 is 0 Å². The first-order chi connectivity index (χ1) is 20.3. The maximum Gasteiger partial charge on any atom is 0.410 e. The largest absolute Gasteiger partial charge is 0.489 e. The van der Waals surface area contributed by atoms with Crippen LogP contribution in [0, 0.1) is 0 Å². The molecule has 0 N–H and O–H groups in total. The molecule has 2 aliphatic rings. The summed E-state index contributed by atoms with van der Waals surface area (Å²) in [6.07, 6.45) is 1.79. The van der Waals surface area contributed by atoms with Crippen molar-refractivity contribution in [3.05, 3.63) is 131 Å². The normalized spacial score (nSPS) is 18.5. The van der Waals surface area contributed by atoms with Crippen molar-refractivity contribution in [2.24, 2.45) is 0 Å². The molecule has 5 nitrogen and oxygen atoms in total. The number of amides is 1. The number of likely N-dealkylation sites (tertiary alicyclic amines) is 1. The minimum atomic E-state index is -0.495. The van der Waals surface area contributed by atoms with E-state index in [2.05, 4.69) is 84.9 Å². The van der Waals surface area contributed by atoms with Crippen LogP contribution in [-0.4, -0.2) is 35.8 Å². The van der Waals surface area contributed by atoms with Crippen LogP contribution in [0.1, 0.15) is 66.8 Å². The molecule has 1 saturated heterocycles. The van der Waals surface area contributed by atoms with Crippen molar-refractivity contribution in [3.8, 4) is 11.5 Å². The highest BCUT2D eigenvalue weighted by molar-refractivity contribution is 5.69. The van der Waals surface area contributed by atoms with E-state index in [4.69, 9.17) is 14.2 Å². The van der Waals surface area contributed by atoms with Gasteiger partial charge < -0.3 is 19.1 Å². The summed E-state index contributed by atoms with van der Waals surface area (Å²) in [6.45, 7) is 7.28. The van der Waals surface area contributed by atoms with Crippen molar-refractivity contribution in [3.63, 3.8) is 0 Å². The first-order valence-corrected chi connectivity index (χ1v) is 14.9. The average molecular weight is 562 g/mol. The lowest BCUT2D eigenvalue weighted by Gasteiger charge is -2.39. The molecule has 0 saturated carbocycles. The Morgan fingerprint density at radius 3 is 2.17 bits per heavy atom. The number of benzene rings is 4. The van der Waals surface area contributed by atoms with Crippen LogP contribution >= 0.6 is 0 Å². The number of fused-ring (bicyclic) bond motifs is 1. The minimum absolute atomic E-state index is 0.0230. The monoisotopic (exact) mass is 561 g/mol. The zero-order valence-electron chi connectivity index (χ0n) is 24.7. The lowest BCUT2D eigenvalue weighted by Crippen LogP contribution is -2.57. The van der Waals surface area contributed by atoms with Crippen molar-refractivity contribution < 1.29 is 19.0 Å². The van der Waals surface area contributed by atoms with Gasteiger partial charge in [0.25, 0.3) is 0 Å². The highest BCUT2D eigenvalue weighted by atomic mass is 16.6. The Morgan fingerprint density at radius 1 is 0.810 bits per heavy atom. The molecule has 0 aromatic heterocycles. The number of nitrogens with zero attached hydrogens (tertiary/aromatic N) is 1. The van der Waals surface area contributed by atoms with E-state index in [-0.39, 0.29) is 18.1 Å². The number of carbonyl (C=O) groups is 1. The Balaban J connectivity index is 1.18. The summed E-state index contributed by atoms with van der Waals surface area (Å²) in [7, 11) is 0. The standard InChI is InChI=1S/C37H39NO4/c1-37(2,3)42-36(39)38-23-32(24-38)41-30-17-14-28(15-18-30)35-33(27-12-8-5-9-13-27)20-16-29-22-31(19-21-34(29)35)40-25-26-10-6-4-7-11-26/h4-15,17-19,21-22,32-33,35H,16,20,23-25H2,1-3H3/t33-,35?/m1/s1. The van der Waals surface area contributed by atoms with Gasteiger partial charge in [0.15, 0.2) is 0 Å². The predicted molar refractivity (Wildman–Crippen MR) is 165 cm³/mol. The fraction of sp³-hybridized carbons (Fsp3) is 0.324. The molecule has 4 aromatic rings. The Labute approximate surface area is 249 Å². The van der Waals surface area contributed by atoms with E-state index in [0.29, 0.717) is 25.6 Å². The fourth-order valence-corrected chi connectivity index (χ4v) is 6.03. The number of hydrogen-bond donors (Lipinski definition) is 0. The number of hydrogen-bond acceptors (Lipinski definition) is 4. The second-order valence-corrected chi connectivity index (χ2v) is 12.4. The molecule has 0 radical (unpaired) electrons. The number of ether oxygens (including phenoxy) is 3. The summed E-state index contributed by atoms with van der Waals surface area (Å²) >= 11 is 0. The third kappa shape index (κ3) is 6.46. The summed E-state index contributed by atoms with van der Waals surface area (Å²) in [4.78, 5) is 14.0. The summed E-state index contributed by atoms with van der Waals surface area (Å²) in [5.74, 6) is 2.36. The molecular weight excluding hydrogens is 522 g/mol. The molecule has 1 aliphatic carbocycles. The van der Waals surface area contributed by atoms with Crippen LogP contribution < -0.4 is 9.47 Å². The first-order valence-electron chi connectivity index (χ1n) is 14.9. The van der Waals surface area contributed by atoms with Crippen LogP contribution in [0.2, 0.25) is 0 Å². The van der Waals surface area contributed by atoms with Crippen LogP contribution in [-0.2, 0) is 17.8 Å². The molecule has 42 heavy (non-hydrogen) atoms. The lowest BCUT2D eigenvalue weighted by atomic mass is 9.69. The van der Waals surface area contributed by atoms with Crippen molar-refractivity contribution in [2.75, 3.05) is 13.1 Å². The van der Waals surface area contributed by atoms with Gasteiger partial charge in [0.1, 0.15) is 29.8 Å². The molecule has 4 aromatic carbocycles. The van der Waals surface area contributed by atoms with Gasteiger partial charge in [0.2, 0.25) is 0 Å². The van der Waals surface area contributed by atoms with Crippen molar-refractivity contribution in [2.45, 2.75) is 63.8 Å². The molecule has 5 heteroatoms. The topological polar surface area (TPSA) is 48.0 Å². The van der Waals surface area contributed by atoms with Gasteiger partial charge in [-0.05, 0) is 91.6 Å². The van der Waals surface area contributed by atoms with Crippen LogP contribution in [0.25, 0.3) is 0 Å². The zero-order chi connectivity index (χ0) is 29.1. The first kappa shape index (κ1) is 27.9. The predicted octanol–water partition coefficient (Wildman–Crippen LogP) is 8.13. The summed E-state index contributed by atoms with van der Waals surface area (Å²) in [5, 5.41) is 0. The van der Waals surface area contributed by atoms with Crippen molar-refractivity contribution >= 4 is 6.09 Å². The molecule has 1 fully saturated rings. The highest BCUT2D eigenvalue weighted by Gasteiger charge is 2.36. The highest BCUT2D eigenvalue weighted by Crippen LogP contribution is 2.47. The lowest BCUT2D eigenvalue weighted by molar-refractivity contribution is -0.0221. The van der Waals surface area contributed by atoms with E-state index in [1.165, 1.54) is 27.8 Å². The molecule has 0 bridgehead atoms. The fourth-order valence-electron chi connectivity index (χ4n) is 6.03. The smallest absolute Gasteiger partial charge is 0.410 e. The molecule has 1 unspecified atom stereocenters. The maximum absolute atomic E-state index is 12.3. The van der Waals surface area contributed by atoms with Gasteiger partial charge in [0.05, 0.1) is 13.1 Å². The molecule has 1 aliphatic heterocycles. The van der Waals surface area contributed by atoms with E-state index in [1.807, 2.05) is 39.0 Å². The Kier molecular flexibility index (Phi) is 7.92. The Hall–Kier alpha value is -4.25. The minimum Gasteiger partial charge on any atom is -0.489 e. The number of carbonyl (C=O) groups excluding carboxylic acids is 1. The molecule has 1 amide bonds. The SMILES string of the molecule is CC(C)(C)OC(=O)N1CC(Oc2ccc(C3c4ccc(OCc5ccccc5)cc4CC[C@@H]3c3ccccc3)cc2)C1. The molecule has 216 valence electrons. The summed E-state index contributed by atoms with van der Waals surface area (Å²) < 4.78 is 17.8. The van der Waals surface area contributed by atoms with Gasteiger partial charge in [0, 0.05) is 5.92 Å². The summed E-state index contributed by atoms with van der Waals surface area (Å²) in [6, 6.07) is 36.3. The van der Waals surface area contributed by atoms with E-state index in [0.717, 1.165) is 24.3 Å². The van der Waals surface area contributed by atoms with Gasteiger partial charge in [-0.1, -0.05) is 78.9 Å². The van der Waals surface area contributed by atoms with Crippen LogP contribution in [0.15, 0.2) is 103 Å². The van der Waals surface area contributed by atoms with Crippen molar-refractivity contribution in [1.82, 2.24) is 4.90 Å². The third-order valence-corrected chi connectivity index (χ3v) is 8.09. The third-order valence-electron chi connectivity index (χ3n) is 8.09. The molecule has 1 heterocycles. The van der Waals surface area contributed by atoms with Gasteiger partial charge in [-0.15, -0.1) is 0 Å². The van der Waals surface area contributed by atoms with E-state index in [9.17, 15) is 4.79 Å². The average Bonchev–Trinajstić information content (AvgIpc) is 2.97. The Bertz CT molecular complexity index is 1490. The molecular formula is C37H39NO4. The Morgan fingerprint density at radius 2 is 1.48 bits per heavy atom. The zero-order valence-corrected chi connectivity index (χ0v) is 24.7. The van der Waals surface area contributed by atoms with Gasteiger partial charge in [-0.25, -0.2) is 4.79 Å². The molecule has 0 spiro atoms. The van der Waals surface area contributed by atoms with Crippen LogP contribution in [0.4, 0.5) is 4.79 Å². The molecule has 6 rings (SSSR count). The van der Waals surface area contributed by atoms with Crippen LogP contribution in [0.3, 0.4) is 0 Å². The van der Waals surface area contributed by atoms with Gasteiger partial charge >= 0.3 is 6.09 Å². The number of aryl methyl sites for hydroxylation is 1. The van der Waals surface area contributed by atoms with Gasteiger partial charge in [-0.2, -0.15) is 0 Å². The van der Waals surface area contributed by atoms with Crippen LogP contribution in [0.5, 0.6) is 11.5 Å². The van der Waals surface area contributed by atoms with Gasteiger partial charge in [-0.3, -0.25) is 0 Å². The maximum atomic E-state index is 12.3.